The van der Waals surface area contributed by atoms with Crippen LogP contribution in [0.1, 0.15) is 0 Å². The Balaban J connectivity index is 1.33. The molecule has 1 N–H and O–H groups in total. The zero-order valence-corrected chi connectivity index (χ0v) is 20.1. The summed E-state index contributed by atoms with van der Waals surface area (Å²) >= 11 is 0. The molecule has 1 atom stereocenters. The van der Waals surface area contributed by atoms with E-state index >= 15 is 8.78 Å². The quantitative estimate of drug-likeness (QED) is 0.448. The number of ether oxygens (including phenoxy) is 1. The number of hydrogen-bond acceptors (Lipinski definition) is 7. The van der Waals surface area contributed by atoms with E-state index in [2.05, 4.69) is 4.98 Å². The van der Waals surface area contributed by atoms with Crippen LogP contribution in [0.4, 0.5) is 33.7 Å². The molecule has 0 saturated carbocycles. The Labute approximate surface area is 216 Å². The number of benzene rings is 1. The fourth-order valence-electron chi connectivity index (χ4n) is 4.57. The Morgan fingerprint density at radius 3 is 2.13 bits per heavy atom. The number of halogens is 4. The number of carbonyl (C=O) groups excluding carboxylic acids is 2. The molecule has 4 heterocycles. The first-order chi connectivity index (χ1) is 18.7. The highest BCUT2D eigenvalue weighted by molar-refractivity contribution is 5.90. The van der Waals surface area contributed by atoms with E-state index in [-0.39, 0.29) is 38.4 Å². The molecule has 39 heavy (non-hydrogen) atoms. The third kappa shape index (κ3) is 4.84. The topological polar surface area (TPSA) is 124 Å². The highest BCUT2D eigenvalue weighted by Gasteiger charge is 2.34. The van der Waals surface area contributed by atoms with Crippen molar-refractivity contribution in [1.82, 2.24) is 24.2 Å². The fraction of sp³-hybridized carbons (Fsp3) is 0.348. The molecule has 206 valence electrons. The second-order valence-corrected chi connectivity index (χ2v) is 8.76. The van der Waals surface area contributed by atoms with Gasteiger partial charge in [-0.3, -0.25) is 14.7 Å². The van der Waals surface area contributed by atoms with Gasteiger partial charge in [-0.15, -0.1) is 0 Å². The van der Waals surface area contributed by atoms with Crippen molar-refractivity contribution in [2.24, 2.45) is 0 Å². The van der Waals surface area contributed by atoms with Crippen molar-refractivity contribution in [2.75, 3.05) is 36.0 Å². The number of cyclic esters (lactones) is 1. The van der Waals surface area contributed by atoms with Crippen LogP contribution in [-0.4, -0.2) is 69.6 Å². The first-order valence-corrected chi connectivity index (χ1v) is 11.8. The Morgan fingerprint density at radius 2 is 1.56 bits per heavy atom. The standard InChI is InChI=1S/C23H21F4N7O5/c24-16-9-14(31-12-15(39-23(31)38)11-29-20(35)19(26)27)10-17(25)18(16)30-5-7-32-21(36)34(13-1-3-28-4-2-13)22(37)33(32)8-6-30/h1-4,9-10,15,19H,5-8,11-12H2,(H,29,35). The Kier molecular flexibility index (Phi) is 6.84. The highest BCUT2D eigenvalue weighted by Crippen LogP contribution is 2.31. The summed E-state index contributed by atoms with van der Waals surface area (Å²) in [7, 11) is 0. The minimum Gasteiger partial charge on any atom is -0.442 e. The number of anilines is 2. The second kappa shape index (κ2) is 10.3. The van der Waals surface area contributed by atoms with Crippen molar-refractivity contribution in [1.29, 1.82) is 0 Å². The summed E-state index contributed by atoms with van der Waals surface area (Å²) < 4.78 is 63.5. The minimum atomic E-state index is -3.24. The van der Waals surface area contributed by atoms with Gasteiger partial charge in [0.25, 0.3) is 5.91 Å². The van der Waals surface area contributed by atoms with Gasteiger partial charge in [0.2, 0.25) is 0 Å². The molecule has 3 aromatic rings. The van der Waals surface area contributed by atoms with Crippen molar-refractivity contribution < 1.29 is 31.9 Å². The lowest BCUT2D eigenvalue weighted by Crippen LogP contribution is -2.37. The van der Waals surface area contributed by atoms with Gasteiger partial charge >= 0.3 is 23.9 Å². The number of hydrogen-bond donors (Lipinski definition) is 1. The second-order valence-electron chi connectivity index (χ2n) is 8.76. The van der Waals surface area contributed by atoms with Crippen molar-refractivity contribution >= 4 is 23.4 Å². The highest BCUT2D eigenvalue weighted by atomic mass is 19.3. The van der Waals surface area contributed by atoms with Gasteiger partial charge < -0.3 is 15.0 Å². The molecule has 2 aliphatic rings. The maximum atomic E-state index is 15.2. The molecule has 1 saturated heterocycles. The van der Waals surface area contributed by atoms with Crippen molar-refractivity contribution in [3.8, 4) is 5.69 Å². The number of nitrogens with zero attached hydrogens (tertiary/aromatic N) is 6. The Morgan fingerprint density at radius 1 is 0.974 bits per heavy atom. The Hall–Kier alpha value is -4.63. The van der Waals surface area contributed by atoms with E-state index in [9.17, 15) is 28.0 Å². The third-order valence-electron chi connectivity index (χ3n) is 6.41. The van der Waals surface area contributed by atoms with Crippen LogP contribution in [0.3, 0.4) is 0 Å². The third-order valence-corrected chi connectivity index (χ3v) is 6.41. The summed E-state index contributed by atoms with van der Waals surface area (Å²) in [5.41, 5.74) is -1.43. The lowest BCUT2D eigenvalue weighted by molar-refractivity contribution is -0.132. The number of aromatic nitrogens is 4. The molecule has 5 rings (SSSR count). The molecule has 2 aliphatic heterocycles. The van der Waals surface area contributed by atoms with Gasteiger partial charge in [0.05, 0.1) is 37.6 Å². The molecule has 16 heteroatoms. The minimum absolute atomic E-state index is 0.00452. The number of fused-ring (bicyclic) bond motifs is 1. The van der Waals surface area contributed by atoms with Crippen LogP contribution in [0.5, 0.6) is 0 Å². The van der Waals surface area contributed by atoms with Crippen LogP contribution >= 0.6 is 0 Å². The molecule has 0 bridgehead atoms. The largest absolute Gasteiger partial charge is 0.442 e. The summed E-state index contributed by atoms with van der Waals surface area (Å²) in [5, 5.41) is 1.92. The monoisotopic (exact) mass is 551 g/mol. The maximum Gasteiger partial charge on any atom is 0.414 e. The van der Waals surface area contributed by atoms with Gasteiger partial charge in [-0.2, -0.15) is 8.78 Å². The van der Waals surface area contributed by atoms with Crippen LogP contribution in [0.15, 0.2) is 46.2 Å². The van der Waals surface area contributed by atoms with Gasteiger partial charge in [-0.25, -0.2) is 37.1 Å². The van der Waals surface area contributed by atoms with E-state index in [1.165, 1.54) is 38.8 Å². The van der Waals surface area contributed by atoms with Crippen LogP contribution in [0.25, 0.3) is 5.69 Å². The molecule has 0 spiro atoms. The van der Waals surface area contributed by atoms with Crippen LogP contribution in [0, 0.1) is 11.6 Å². The summed E-state index contributed by atoms with van der Waals surface area (Å²) in [6.45, 7) is -0.679. The number of amides is 2. The van der Waals surface area contributed by atoms with E-state index < -0.39 is 59.8 Å². The molecular formula is C23H21F4N7O5. The Bertz CT molecular complexity index is 1480. The van der Waals surface area contributed by atoms with E-state index in [4.69, 9.17) is 4.74 Å². The molecule has 1 unspecified atom stereocenters. The zero-order valence-electron chi connectivity index (χ0n) is 20.1. The van der Waals surface area contributed by atoms with Gasteiger partial charge in [0, 0.05) is 37.6 Å². The molecular weight excluding hydrogens is 530 g/mol. The van der Waals surface area contributed by atoms with E-state index in [1.807, 2.05) is 5.32 Å². The van der Waals surface area contributed by atoms with Gasteiger partial charge in [0.15, 0.2) is 11.6 Å². The van der Waals surface area contributed by atoms with Crippen LogP contribution < -0.4 is 26.5 Å². The lowest BCUT2D eigenvalue weighted by Gasteiger charge is -2.24. The summed E-state index contributed by atoms with van der Waals surface area (Å²) in [4.78, 5) is 55.3. The molecule has 2 amide bonds. The average Bonchev–Trinajstić information content (AvgIpc) is 3.28. The van der Waals surface area contributed by atoms with Crippen LogP contribution in [0.2, 0.25) is 0 Å². The van der Waals surface area contributed by atoms with E-state index in [0.29, 0.717) is 5.69 Å². The number of carbonyl (C=O) groups is 2. The SMILES string of the molecule is O=C(NCC1CN(c2cc(F)c(N3CCn4c(=O)n(-c5ccncc5)c(=O)n4CC3)c(F)c2)C(=O)O1)C(F)F. The number of rotatable bonds is 6. The van der Waals surface area contributed by atoms with E-state index in [1.54, 1.807) is 0 Å². The molecule has 0 radical (unpaired) electrons. The fourth-order valence-corrected chi connectivity index (χ4v) is 4.57. The van der Waals surface area contributed by atoms with Crippen molar-refractivity contribution in [3.05, 3.63) is 69.3 Å². The smallest absolute Gasteiger partial charge is 0.414 e. The molecule has 12 nitrogen and oxygen atoms in total. The van der Waals surface area contributed by atoms with Crippen LogP contribution in [-0.2, 0) is 22.6 Å². The lowest BCUT2D eigenvalue weighted by atomic mass is 10.2. The average molecular weight is 551 g/mol. The van der Waals surface area contributed by atoms with Gasteiger partial charge in [-0.05, 0) is 12.1 Å². The van der Waals surface area contributed by atoms with E-state index in [0.717, 1.165) is 21.6 Å². The first kappa shape index (κ1) is 26.0. The predicted octanol–water partition coefficient (Wildman–Crippen LogP) is 0.701. The van der Waals surface area contributed by atoms with Crippen molar-refractivity contribution in [2.45, 2.75) is 25.6 Å². The molecule has 0 aliphatic carbocycles. The normalized spacial score (nSPS) is 17.3. The van der Waals surface area contributed by atoms with Crippen molar-refractivity contribution in [3.63, 3.8) is 0 Å². The van der Waals surface area contributed by atoms with Gasteiger partial charge in [-0.1, -0.05) is 0 Å². The molecule has 1 fully saturated rings. The number of pyridine rings is 1. The first-order valence-electron chi connectivity index (χ1n) is 11.8. The number of nitrogens with one attached hydrogen (secondary N) is 1. The predicted molar refractivity (Wildman–Crippen MR) is 127 cm³/mol. The number of alkyl halides is 2. The zero-order chi connectivity index (χ0) is 27.8. The van der Waals surface area contributed by atoms with Gasteiger partial charge in [0.1, 0.15) is 11.8 Å². The maximum absolute atomic E-state index is 15.2. The molecule has 2 aromatic heterocycles. The summed E-state index contributed by atoms with van der Waals surface area (Å²) in [6, 6.07) is 4.88. The molecule has 1 aromatic carbocycles. The summed E-state index contributed by atoms with van der Waals surface area (Å²) in [5.74, 6) is -3.53. The summed E-state index contributed by atoms with van der Waals surface area (Å²) in [6.07, 6.45) is -2.31.